The van der Waals surface area contributed by atoms with Crippen LogP contribution in [0.2, 0.25) is 0 Å². The van der Waals surface area contributed by atoms with Crippen molar-refractivity contribution in [2.24, 2.45) is 0 Å². The molecule has 6 heteroatoms. The summed E-state index contributed by atoms with van der Waals surface area (Å²) >= 11 is 1.71. The fourth-order valence-electron chi connectivity index (χ4n) is 4.12. The molecule has 4 aromatic rings. The highest BCUT2D eigenvalue weighted by Crippen LogP contribution is 2.40. The van der Waals surface area contributed by atoms with E-state index in [4.69, 9.17) is 0 Å². The summed E-state index contributed by atoms with van der Waals surface area (Å²) < 4.78 is 0. The second-order valence-electron chi connectivity index (χ2n) is 7.77. The highest BCUT2D eigenvalue weighted by Gasteiger charge is 2.26. The van der Waals surface area contributed by atoms with E-state index >= 15 is 0 Å². The summed E-state index contributed by atoms with van der Waals surface area (Å²) in [7, 11) is 0. The number of fused-ring (bicyclic) bond motifs is 1. The highest BCUT2D eigenvalue weighted by atomic mass is 32.1. The summed E-state index contributed by atoms with van der Waals surface area (Å²) in [6.45, 7) is 3.47. The van der Waals surface area contributed by atoms with Gasteiger partial charge in [0.2, 0.25) is 0 Å². The fourth-order valence-corrected chi connectivity index (χ4v) is 5.13. The molecule has 0 atom stereocenters. The van der Waals surface area contributed by atoms with E-state index in [1.165, 1.54) is 10.4 Å². The van der Waals surface area contributed by atoms with Crippen molar-refractivity contribution in [3.05, 3.63) is 88.7 Å². The molecule has 5 nitrogen and oxygen atoms in total. The molecule has 32 heavy (non-hydrogen) atoms. The highest BCUT2D eigenvalue weighted by molar-refractivity contribution is 7.18. The predicted octanol–water partition coefficient (Wildman–Crippen LogP) is 6.22. The molecule has 158 valence electrons. The van der Waals surface area contributed by atoms with Crippen LogP contribution in [0.25, 0.3) is 32.5 Å². The first-order chi connectivity index (χ1) is 15.4. The van der Waals surface area contributed by atoms with Gasteiger partial charge in [0.25, 0.3) is 5.91 Å². The number of H-pyrrole nitrogens is 1. The number of aromatic carboxylic acids is 1. The molecular formula is C26H20N2O3S. The maximum atomic E-state index is 12.7. The molecule has 2 aromatic heterocycles. The number of carboxylic acids is 1. The maximum Gasteiger partial charge on any atom is 0.337 e. The zero-order chi connectivity index (χ0) is 22.4. The Morgan fingerprint density at radius 3 is 2.38 bits per heavy atom. The van der Waals surface area contributed by atoms with Crippen LogP contribution in [0, 0.1) is 13.8 Å². The number of anilines is 1. The minimum atomic E-state index is -0.980. The number of carbonyl (C=O) groups is 2. The number of hydrogen-bond acceptors (Lipinski definition) is 3. The van der Waals surface area contributed by atoms with Crippen LogP contribution in [0.1, 0.15) is 32.9 Å². The van der Waals surface area contributed by atoms with Crippen LogP contribution in [0.4, 0.5) is 5.69 Å². The van der Waals surface area contributed by atoms with Crippen LogP contribution in [0.15, 0.2) is 60.7 Å². The summed E-state index contributed by atoms with van der Waals surface area (Å²) in [5.74, 6) is -1.18. The van der Waals surface area contributed by atoms with Crippen LogP contribution >= 0.6 is 11.3 Å². The van der Waals surface area contributed by atoms with E-state index in [2.05, 4.69) is 34.6 Å². The Balaban J connectivity index is 1.55. The summed E-state index contributed by atoms with van der Waals surface area (Å²) in [6, 6.07) is 20.4. The molecule has 0 fully saturated rings. The van der Waals surface area contributed by atoms with E-state index in [9.17, 15) is 14.7 Å². The van der Waals surface area contributed by atoms with Gasteiger partial charge in [0, 0.05) is 32.4 Å². The minimum Gasteiger partial charge on any atom is -0.478 e. The first-order valence-corrected chi connectivity index (χ1v) is 11.0. The van der Waals surface area contributed by atoms with Crippen LogP contribution in [-0.2, 0) is 4.79 Å². The molecular weight excluding hydrogens is 420 g/mol. The van der Waals surface area contributed by atoms with Gasteiger partial charge in [-0.1, -0.05) is 36.4 Å². The molecule has 0 saturated carbocycles. The van der Waals surface area contributed by atoms with Crippen LogP contribution in [0.3, 0.4) is 0 Å². The van der Waals surface area contributed by atoms with Gasteiger partial charge in [0.1, 0.15) is 0 Å². The minimum absolute atomic E-state index is 0.197. The lowest BCUT2D eigenvalue weighted by Gasteiger charge is -2.03. The molecule has 0 radical (unpaired) electrons. The number of amides is 1. The van der Waals surface area contributed by atoms with Crippen molar-refractivity contribution in [3.8, 4) is 20.9 Å². The van der Waals surface area contributed by atoms with E-state index in [0.717, 1.165) is 21.7 Å². The van der Waals surface area contributed by atoms with Gasteiger partial charge in [-0.15, -0.1) is 11.3 Å². The average molecular weight is 441 g/mol. The molecule has 3 N–H and O–H groups in total. The average Bonchev–Trinajstić information content (AvgIpc) is 3.45. The number of aryl methyl sites for hydroxylation is 1. The zero-order valence-electron chi connectivity index (χ0n) is 17.5. The molecule has 1 amide bonds. The van der Waals surface area contributed by atoms with Crippen molar-refractivity contribution in [2.45, 2.75) is 13.8 Å². The third-order valence-electron chi connectivity index (χ3n) is 5.73. The lowest BCUT2D eigenvalue weighted by molar-refractivity contribution is -0.110. The Kier molecular flexibility index (Phi) is 4.79. The van der Waals surface area contributed by atoms with Gasteiger partial charge in [-0.05, 0) is 60.9 Å². The van der Waals surface area contributed by atoms with Gasteiger partial charge in [-0.2, -0.15) is 0 Å². The van der Waals surface area contributed by atoms with Gasteiger partial charge in [0.15, 0.2) is 0 Å². The molecule has 0 unspecified atom stereocenters. The van der Waals surface area contributed by atoms with E-state index < -0.39 is 5.97 Å². The fraction of sp³-hybridized carbons (Fsp3) is 0.0769. The number of aromatic nitrogens is 1. The number of benzene rings is 2. The first kappa shape index (κ1) is 20.0. The number of nitrogens with one attached hydrogen (secondary N) is 2. The summed E-state index contributed by atoms with van der Waals surface area (Å²) in [6.07, 6.45) is 1.74. The number of thiophene rings is 1. The number of carbonyl (C=O) groups excluding carboxylic acids is 1. The molecule has 0 spiro atoms. The molecule has 0 bridgehead atoms. The number of carboxylic acid groups (broad SMARTS) is 1. The summed E-state index contributed by atoms with van der Waals surface area (Å²) in [4.78, 5) is 29.7. The predicted molar refractivity (Wildman–Crippen MR) is 129 cm³/mol. The lowest BCUT2D eigenvalue weighted by Crippen LogP contribution is -2.03. The summed E-state index contributed by atoms with van der Waals surface area (Å²) in [5.41, 5.74) is 6.35. The van der Waals surface area contributed by atoms with Crippen molar-refractivity contribution in [3.63, 3.8) is 0 Å². The van der Waals surface area contributed by atoms with Gasteiger partial charge >= 0.3 is 5.97 Å². The van der Waals surface area contributed by atoms with Crippen LogP contribution < -0.4 is 5.32 Å². The molecule has 1 aliphatic heterocycles. The van der Waals surface area contributed by atoms with E-state index in [1.807, 2.05) is 36.4 Å². The first-order valence-electron chi connectivity index (χ1n) is 10.2. The quantitative estimate of drug-likeness (QED) is 0.330. The molecule has 0 saturated heterocycles. The van der Waals surface area contributed by atoms with Gasteiger partial charge in [-0.25, -0.2) is 4.79 Å². The van der Waals surface area contributed by atoms with Crippen molar-refractivity contribution in [1.82, 2.24) is 4.98 Å². The number of aromatic amines is 1. The van der Waals surface area contributed by atoms with Gasteiger partial charge in [-0.3, -0.25) is 4.79 Å². The largest absolute Gasteiger partial charge is 0.478 e. The SMILES string of the molecule is Cc1[nH]c(/C=C2\C(=O)Nc3ccc(-c4ccc(-c5ccccc5)s4)cc32)c(C)c1C(=O)O. The van der Waals surface area contributed by atoms with Crippen molar-refractivity contribution in [1.29, 1.82) is 0 Å². The molecule has 2 aromatic carbocycles. The molecule has 0 aliphatic carbocycles. The van der Waals surface area contributed by atoms with Crippen LogP contribution in [-0.4, -0.2) is 22.0 Å². The summed E-state index contributed by atoms with van der Waals surface area (Å²) in [5, 5.41) is 12.4. The zero-order valence-corrected chi connectivity index (χ0v) is 18.3. The van der Waals surface area contributed by atoms with Crippen LogP contribution in [0.5, 0.6) is 0 Å². The van der Waals surface area contributed by atoms with Crippen molar-refractivity contribution >= 4 is 40.5 Å². The Morgan fingerprint density at radius 2 is 1.69 bits per heavy atom. The Bertz CT molecular complexity index is 1410. The van der Waals surface area contributed by atoms with E-state index in [1.54, 1.807) is 31.3 Å². The van der Waals surface area contributed by atoms with Gasteiger partial charge < -0.3 is 15.4 Å². The smallest absolute Gasteiger partial charge is 0.337 e. The lowest BCUT2D eigenvalue weighted by atomic mass is 10.0. The second kappa shape index (κ2) is 7.66. The second-order valence-corrected chi connectivity index (χ2v) is 8.86. The monoisotopic (exact) mass is 440 g/mol. The Hall–Kier alpha value is -3.90. The third kappa shape index (κ3) is 3.35. The molecule has 3 heterocycles. The van der Waals surface area contributed by atoms with Crippen molar-refractivity contribution < 1.29 is 14.7 Å². The topological polar surface area (TPSA) is 82.2 Å². The third-order valence-corrected chi connectivity index (χ3v) is 6.91. The Morgan fingerprint density at radius 1 is 0.969 bits per heavy atom. The number of hydrogen-bond donors (Lipinski definition) is 3. The maximum absolute atomic E-state index is 12.7. The van der Waals surface area contributed by atoms with Gasteiger partial charge in [0.05, 0.1) is 11.1 Å². The molecule has 1 aliphatic rings. The molecule has 5 rings (SSSR count). The van der Waals surface area contributed by atoms with E-state index in [-0.39, 0.29) is 11.5 Å². The van der Waals surface area contributed by atoms with E-state index in [0.29, 0.717) is 22.5 Å². The standard InChI is InChI=1S/C26H20N2O3S/c1-14-21(27-15(2)24(14)26(30)31)13-19-18-12-17(8-9-20(18)28-25(19)29)23-11-10-22(32-23)16-6-4-3-5-7-16/h3-13,27H,1-2H3,(H,28,29)(H,30,31)/b19-13-. The van der Waals surface area contributed by atoms with Crippen molar-refractivity contribution in [2.75, 3.05) is 5.32 Å². The Labute approximate surface area is 189 Å². The number of rotatable bonds is 4. The normalized spacial score (nSPS) is 13.9.